The Balaban J connectivity index is 2.43. The third kappa shape index (κ3) is 1.40. The van der Waals surface area contributed by atoms with Gasteiger partial charge in [-0.3, -0.25) is 0 Å². The van der Waals surface area contributed by atoms with Gasteiger partial charge in [0.15, 0.2) is 0 Å². The molecule has 0 atom stereocenters. The van der Waals surface area contributed by atoms with E-state index in [9.17, 15) is 0 Å². The average molecular weight is 158 g/mol. The number of ether oxygens (including phenoxy) is 1. The van der Waals surface area contributed by atoms with Gasteiger partial charge in [0.25, 0.3) is 0 Å². The molecular weight excluding hydrogens is 148 g/mol. The SMILES string of the molecule is C1=C\OCc2ccccc2\C=C/1. The van der Waals surface area contributed by atoms with Crippen LogP contribution >= 0.6 is 0 Å². The van der Waals surface area contributed by atoms with Crippen LogP contribution in [0.3, 0.4) is 0 Å². The highest BCUT2D eigenvalue weighted by atomic mass is 16.5. The normalized spacial score (nSPS) is 19.7. The Morgan fingerprint density at radius 1 is 1.08 bits per heavy atom. The van der Waals surface area contributed by atoms with Crippen molar-refractivity contribution in [1.82, 2.24) is 0 Å². The number of fused-ring (bicyclic) bond motifs is 1. The lowest BCUT2D eigenvalue weighted by atomic mass is 10.1. The summed E-state index contributed by atoms with van der Waals surface area (Å²) in [6.45, 7) is 0.664. The summed E-state index contributed by atoms with van der Waals surface area (Å²) in [4.78, 5) is 0. The van der Waals surface area contributed by atoms with E-state index in [1.54, 1.807) is 6.26 Å². The second kappa shape index (κ2) is 3.26. The monoisotopic (exact) mass is 158 g/mol. The zero-order valence-electron chi connectivity index (χ0n) is 6.73. The van der Waals surface area contributed by atoms with Crippen LogP contribution in [0.15, 0.2) is 42.7 Å². The molecule has 0 radical (unpaired) electrons. The summed E-state index contributed by atoms with van der Waals surface area (Å²) in [7, 11) is 0. The van der Waals surface area contributed by atoms with Crippen molar-refractivity contribution in [1.29, 1.82) is 0 Å². The minimum Gasteiger partial charge on any atom is -0.496 e. The lowest BCUT2D eigenvalue weighted by Crippen LogP contribution is -1.91. The Hall–Kier alpha value is -1.50. The summed E-state index contributed by atoms with van der Waals surface area (Å²) in [5.74, 6) is 0. The largest absolute Gasteiger partial charge is 0.496 e. The first-order chi connectivity index (χ1) is 5.97. The van der Waals surface area contributed by atoms with Crippen LogP contribution in [0, 0.1) is 0 Å². The summed E-state index contributed by atoms with van der Waals surface area (Å²) in [5.41, 5.74) is 2.47. The van der Waals surface area contributed by atoms with Crippen molar-refractivity contribution in [3.63, 3.8) is 0 Å². The highest BCUT2D eigenvalue weighted by Crippen LogP contribution is 2.13. The number of benzene rings is 1. The summed E-state index contributed by atoms with van der Waals surface area (Å²) in [6.07, 6.45) is 7.69. The average Bonchev–Trinajstić information content (AvgIpc) is 2.06. The van der Waals surface area contributed by atoms with Crippen molar-refractivity contribution in [3.05, 3.63) is 53.8 Å². The van der Waals surface area contributed by atoms with Crippen molar-refractivity contribution in [2.75, 3.05) is 0 Å². The zero-order chi connectivity index (χ0) is 8.23. The number of rotatable bonds is 0. The molecule has 12 heavy (non-hydrogen) atoms. The van der Waals surface area contributed by atoms with Gasteiger partial charge in [-0.1, -0.05) is 36.4 Å². The lowest BCUT2D eigenvalue weighted by molar-refractivity contribution is 0.236. The molecule has 0 amide bonds. The maximum atomic E-state index is 5.27. The minimum atomic E-state index is 0.664. The molecule has 0 aromatic heterocycles. The van der Waals surface area contributed by atoms with Gasteiger partial charge >= 0.3 is 0 Å². The van der Waals surface area contributed by atoms with Crippen LogP contribution in [0.2, 0.25) is 0 Å². The van der Waals surface area contributed by atoms with E-state index in [0.717, 1.165) is 0 Å². The Morgan fingerprint density at radius 3 is 3.00 bits per heavy atom. The van der Waals surface area contributed by atoms with E-state index >= 15 is 0 Å². The van der Waals surface area contributed by atoms with E-state index in [1.165, 1.54) is 11.1 Å². The van der Waals surface area contributed by atoms with Crippen LogP contribution in [0.1, 0.15) is 11.1 Å². The summed E-state index contributed by atoms with van der Waals surface area (Å²) in [6, 6.07) is 8.24. The molecular formula is C11H10O. The van der Waals surface area contributed by atoms with Gasteiger partial charge in [0.2, 0.25) is 0 Å². The molecule has 1 nitrogen and oxygen atoms in total. The predicted octanol–water partition coefficient (Wildman–Crippen LogP) is 2.74. The first kappa shape index (κ1) is 7.17. The maximum Gasteiger partial charge on any atom is 0.113 e. The second-order valence-electron chi connectivity index (χ2n) is 2.70. The third-order valence-corrected chi connectivity index (χ3v) is 1.86. The molecule has 0 saturated heterocycles. The third-order valence-electron chi connectivity index (χ3n) is 1.86. The van der Waals surface area contributed by atoms with E-state index in [0.29, 0.717) is 6.61 Å². The molecule has 1 aromatic rings. The highest BCUT2D eigenvalue weighted by molar-refractivity contribution is 5.55. The van der Waals surface area contributed by atoms with Gasteiger partial charge in [-0.2, -0.15) is 0 Å². The van der Waals surface area contributed by atoms with Gasteiger partial charge in [-0.05, 0) is 17.2 Å². The van der Waals surface area contributed by atoms with Crippen molar-refractivity contribution >= 4 is 6.08 Å². The molecule has 1 aliphatic heterocycles. The topological polar surface area (TPSA) is 9.23 Å². The van der Waals surface area contributed by atoms with Gasteiger partial charge in [0.1, 0.15) is 6.61 Å². The van der Waals surface area contributed by atoms with Gasteiger partial charge in [-0.25, -0.2) is 0 Å². The van der Waals surface area contributed by atoms with E-state index < -0.39 is 0 Å². The van der Waals surface area contributed by atoms with Crippen LogP contribution in [0.4, 0.5) is 0 Å². The van der Waals surface area contributed by atoms with Crippen molar-refractivity contribution < 1.29 is 4.74 Å². The minimum absolute atomic E-state index is 0.664. The quantitative estimate of drug-likeness (QED) is 0.564. The number of hydrogen-bond donors (Lipinski definition) is 0. The van der Waals surface area contributed by atoms with Crippen LogP contribution in [-0.4, -0.2) is 0 Å². The maximum absolute atomic E-state index is 5.27. The Kier molecular flexibility index (Phi) is 1.95. The first-order valence-electron chi connectivity index (χ1n) is 3.99. The van der Waals surface area contributed by atoms with Gasteiger partial charge in [-0.15, -0.1) is 0 Å². The smallest absolute Gasteiger partial charge is 0.113 e. The van der Waals surface area contributed by atoms with Crippen LogP contribution in [0.5, 0.6) is 0 Å². The molecule has 0 fully saturated rings. The van der Waals surface area contributed by atoms with Crippen LogP contribution < -0.4 is 0 Å². The molecule has 1 heteroatoms. The molecule has 1 aliphatic rings. The molecule has 1 heterocycles. The first-order valence-corrected chi connectivity index (χ1v) is 3.99. The standard InChI is InChI=1S/C11H10O/c1-2-7-11-9-12-8-4-3-6-10(11)5-1/h1-8H,9H2/b6-3-,8-4-. The molecule has 0 spiro atoms. The molecule has 0 bridgehead atoms. The molecule has 60 valence electrons. The van der Waals surface area contributed by atoms with E-state index in [1.807, 2.05) is 24.3 Å². The van der Waals surface area contributed by atoms with Crippen LogP contribution in [-0.2, 0) is 11.3 Å². The van der Waals surface area contributed by atoms with E-state index in [-0.39, 0.29) is 0 Å². The van der Waals surface area contributed by atoms with E-state index in [4.69, 9.17) is 4.74 Å². The Morgan fingerprint density at radius 2 is 2.00 bits per heavy atom. The molecule has 1 aromatic carbocycles. The Labute approximate surface area is 72.0 Å². The van der Waals surface area contributed by atoms with Gasteiger partial charge in [0, 0.05) is 0 Å². The lowest BCUT2D eigenvalue weighted by Gasteiger charge is -2.06. The predicted molar refractivity (Wildman–Crippen MR) is 49.4 cm³/mol. The number of allylic oxidation sites excluding steroid dienone is 2. The van der Waals surface area contributed by atoms with Crippen molar-refractivity contribution in [2.45, 2.75) is 6.61 Å². The fraction of sp³-hybridized carbons (Fsp3) is 0.0909. The molecule has 0 N–H and O–H groups in total. The second-order valence-corrected chi connectivity index (χ2v) is 2.70. The highest BCUT2D eigenvalue weighted by Gasteiger charge is 1.98. The zero-order valence-corrected chi connectivity index (χ0v) is 6.73. The van der Waals surface area contributed by atoms with Crippen LogP contribution in [0.25, 0.3) is 6.08 Å². The summed E-state index contributed by atoms with van der Waals surface area (Å²) in [5, 5.41) is 0. The summed E-state index contributed by atoms with van der Waals surface area (Å²) < 4.78 is 5.27. The molecule has 0 aliphatic carbocycles. The fourth-order valence-corrected chi connectivity index (χ4v) is 1.23. The van der Waals surface area contributed by atoms with Gasteiger partial charge in [0.05, 0.1) is 6.26 Å². The van der Waals surface area contributed by atoms with Gasteiger partial charge < -0.3 is 4.74 Å². The number of hydrogen-bond acceptors (Lipinski definition) is 1. The summed E-state index contributed by atoms with van der Waals surface area (Å²) >= 11 is 0. The molecule has 0 saturated carbocycles. The molecule has 2 rings (SSSR count). The van der Waals surface area contributed by atoms with Crippen molar-refractivity contribution in [3.8, 4) is 0 Å². The Bertz CT molecular complexity index is 324. The van der Waals surface area contributed by atoms with Crippen molar-refractivity contribution in [2.24, 2.45) is 0 Å². The fourth-order valence-electron chi connectivity index (χ4n) is 1.23. The van der Waals surface area contributed by atoms with E-state index in [2.05, 4.69) is 18.2 Å². The molecule has 0 unspecified atom stereocenters.